The van der Waals surface area contributed by atoms with Gasteiger partial charge in [0.15, 0.2) is 0 Å². The molecule has 2 amide bonds. The van der Waals surface area contributed by atoms with Crippen LogP contribution in [0.4, 0.5) is 5.69 Å². The number of carbonyl (C=O) groups excluding carboxylic acids is 2. The fourth-order valence-corrected chi connectivity index (χ4v) is 5.77. The Balaban J connectivity index is 2.05. The Kier molecular flexibility index (Phi) is 10.0. The minimum absolute atomic E-state index is 0.0305. The van der Waals surface area contributed by atoms with Crippen molar-refractivity contribution in [2.45, 2.75) is 70.5 Å². The fraction of sp³-hybridized carbons (Fsp3) is 0.355. The highest BCUT2D eigenvalue weighted by atomic mass is 35.5. The average Bonchev–Trinajstić information content (AvgIpc) is 2.90. The normalized spacial score (nSPS) is 12.6. The molecule has 0 bridgehead atoms. The highest BCUT2D eigenvalue weighted by molar-refractivity contribution is 7.92. The molecule has 9 heteroatoms. The quantitative estimate of drug-likeness (QED) is 0.317. The molecule has 0 unspecified atom stereocenters. The standard InChI is InChI=1S/C31H38ClN3O4S/c1-22(2)24-16-18-26(19-17-24)35(40(38,39)27-13-8-7-9-14-27)21-29(36)34(20-25-12-10-11-15-28(25)32)23(3)30(37)33-31(4,5)6/h7-19,22-23H,20-21H2,1-6H3,(H,33,37)/t23-/m1/s1. The third kappa shape index (κ3) is 7.86. The molecule has 0 aliphatic heterocycles. The number of nitrogens with zero attached hydrogens (tertiary/aromatic N) is 2. The number of sulfonamides is 1. The Labute approximate surface area is 243 Å². The first kappa shape index (κ1) is 31.2. The van der Waals surface area contributed by atoms with Crippen molar-refractivity contribution in [3.05, 3.63) is 95.0 Å². The van der Waals surface area contributed by atoms with Crippen LogP contribution in [-0.4, -0.2) is 43.3 Å². The second-order valence-corrected chi connectivity index (χ2v) is 13.4. The van der Waals surface area contributed by atoms with Gasteiger partial charge in [-0.1, -0.05) is 74.0 Å². The highest BCUT2D eigenvalue weighted by Gasteiger charge is 2.33. The Bertz CT molecular complexity index is 1420. The van der Waals surface area contributed by atoms with Gasteiger partial charge in [-0.2, -0.15) is 0 Å². The second-order valence-electron chi connectivity index (χ2n) is 11.1. The molecule has 0 aromatic heterocycles. The molecule has 0 radical (unpaired) electrons. The lowest BCUT2D eigenvalue weighted by atomic mass is 10.0. The largest absolute Gasteiger partial charge is 0.350 e. The number of nitrogens with one attached hydrogen (secondary N) is 1. The molecular weight excluding hydrogens is 546 g/mol. The summed E-state index contributed by atoms with van der Waals surface area (Å²) >= 11 is 6.41. The zero-order valence-electron chi connectivity index (χ0n) is 23.9. The lowest BCUT2D eigenvalue weighted by Crippen LogP contribution is -2.54. The maximum absolute atomic E-state index is 14.0. The molecule has 0 aliphatic carbocycles. The first-order valence-corrected chi connectivity index (χ1v) is 15.0. The van der Waals surface area contributed by atoms with Crippen molar-refractivity contribution in [2.75, 3.05) is 10.8 Å². The van der Waals surface area contributed by atoms with Crippen LogP contribution in [0.2, 0.25) is 5.02 Å². The van der Waals surface area contributed by atoms with Gasteiger partial charge in [0.25, 0.3) is 10.0 Å². The molecule has 3 aromatic carbocycles. The second kappa shape index (κ2) is 12.9. The van der Waals surface area contributed by atoms with E-state index in [9.17, 15) is 18.0 Å². The van der Waals surface area contributed by atoms with Crippen LogP contribution in [-0.2, 0) is 26.2 Å². The number of halogens is 1. The summed E-state index contributed by atoms with van der Waals surface area (Å²) in [7, 11) is -4.11. The van der Waals surface area contributed by atoms with Crippen molar-refractivity contribution in [2.24, 2.45) is 0 Å². The molecule has 3 aromatic rings. The van der Waals surface area contributed by atoms with E-state index in [0.29, 0.717) is 16.3 Å². The van der Waals surface area contributed by atoms with Gasteiger partial charge in [-0.05, 0) is 75.1 Å². The van der Waals surface area contributed by atoms with Crippen LogP contribution >= 0.6 is 11.6 Å². The minimum atomic E-state index is -4.11. The topological polar surface area (TPSA) is 86.8 Å². The third-order valence-corrected chi connectivity index (χ3v) is 8.58. The molecule has 214 valence electrons. The summed E-state index contributed by atoms with van der Waals surface area (Å²) in [6.45, 7) is 10.8. The summed E-state index contributed by atoms with van der Waals surface area (Å²) in [4.78, 5) is 28.6. The van der Waals surface area contributed by atoms with Gasteiger partial charge < -0.3 is 10.2 Å². The van der Waals surface area contributed by atoms with Gasteiger partial charge in [-0.25, -0.2) is 8.42 Å². The summed E-state index contributed by atoms with van der Waals surface area (Å²) in [6.07, 6.45) is 0. The van der Waals surface area contributed by atoms with Crippen LogP contribution in [0.25, 0.3) is 0 Å². The monoisotopic (exact) mass is 583 g/mol. The van der Waals surface area contributed by atoms with Crippen molar-refractivity contribution >= 4 is 39.1 Å². The molecule has 7 nitrogen and oxygen atoms in total. The van der Waals surface area contributed by atoms with Crippen LogP contribution in [0.1, 0.15) is 58.6 Å². The van der Waals surface area contributed by atoms with Gasteiger partial charge in [0.1, 0.15) is 12.6 Å². The van der Waals surface area contributed by atoms with E-state index < -0.39 is 34.1 Å². The van der Waals surface area contributed by atoms with E-state index in [1.165, 1.54) is 17.0 Å². The van der Waals surface area contributed by atoms with E-state index in [2.05, 4.69) is 5.32 Å². The van der Waals surface area contributed by atoms with Crippen molar-refractivity contribution in [1.82, 2.24) is 10.2 Å². The summed E-state index contributed by atoms with van der Waals surface area (Å²) in [5.74, 6) is -0.640. The number of rotatable bonds is 10. The maximum Gasteiger partial charge on any atom is 0.264 e. The molecular formula is C31H38ClN3O4S. The Hall–Kier alpha value is -3.36. The summed E-state index contributed by atoms with van der Waals surface area (Å²) in [5.41, 5.74) is 1.52. The number of hydrogen-bond acceptors (Lipinski definition) is 4. The summed E-state index contributed by atoms with van der Waals surface area (Å²) in [5, 5.41) is 3.36. The zero-order chi connectivity index (χ0) is 29.7. The average molecular weight is 584 g/mol. The van der Waals surface area contributed by atoms with Crippen LogP contribution < -0.4 is 9.62 Å². The lowest BCUT2D eigenvalue weighted by Gasteiger charge is -2.33. The third-order valence-electron chi connectivity index (χ3n) is 6.42. The van der Waals surface area contributed by atoms with Crippen LogP contribution in [0.3, 0.4) is 0 Å². The van der Waals surface area contributed by atoms with E-state index in [4.69, 9.17) is 11.6 Å². The number of benzene rings is 3. The van der Waals surface area contributed by atoms with Crippen molar-refractivity contribution in [3.8, 4) is 0 Å². The van der Waals surface area contributed by atoms with Crippen molar-refractivity contribution < 1.29 is 18.0 Å². The van der Waals surface area contributed by atoms with Crippen LogP contribution in [0.5, 0.6) is 0 Å². The SMILES string of the molecule is CC(C)c1ccc(N(CC(=O)N(Cc2ccccc2Cl)[C@H](C)C(=O)NC(C)(C)C)S(=O)(=O)c2ccccc2)cc1. The molecule has 0 saturated carbocycles. The maximum atomic E-state index is 14.0. The molecule has 0 spiro atoms. The van der Waals surface area contributed by atoms with Gasteiger partial charge in [0, 0.05) is 17.1 Å². The van der Waals surface area contributed by atoms with Gasteiger partial charge >= 0.3 is 0 Å². The van der Waals surface area contributed by atoms with E-state index >= 15 is 0 Å². The molecule has 0 fully saturated rings. The van der Waals surface area contributed by atoms with Gasteiger partial charge in [-0.15, -0.1) is 0 Å². The Morgan fingerprint density at radius 2 is 1.45 bits per heavy atom. The number of amides is 2. The van der Waals surface area contributed by atoms with Crippen molar-refractivity contribution in [1.29, 1.82) is 0 Å². The predicted molar refractivity (Wildman–Crippen MR) is 161 cm³/mol. The first-order chi connectivity index (χ1) is 18.7. The molecule has 40 heavy (non-hydrogen) atoms. The molecule has 3 rings (SSSR count). The Morgan fingerprint density at radius 1 is 0.875 bits per heavy atom. The summed E-state index contributed by atoms with van der Waals surface area (Å²) in [6, 6.07) is 21.3. The van der Waals surface area contributed by atoms with E-state index in [0.717, 1.165) is 9.87 Å². The van der Waals surface area contributed by atoms with Crippen LogP contribution in [0, 0.1) is 0 Å². The predicted octanol–water partition coefficient (Wildman–Crippen LogP) is 5.99. The van der Waals surface area contributed by atoms with E-state index in [-0.39, 0.29) is 23.3 Å². The highest BCUT2D eigenvalue weighted by Crippen LogP contribution is 2.27. The molecule has 0 saturated heterocycles. The molecule has 0 aliphatic rings. The first-order valence-electron chi connectivity index (χ1n) is 13.2. The molecule has 1 atom stereocenters. The fourth-order valence-electron chi connectivity index (χ4n) is 4.14. The number of hydrogen-bond donors (Lipinski definition) is 1. The van der Waals surface area contributed by atoms with Gasteiger partial charge in [-0.3, -0.25) is 13.9 Å². The Morgan fingerprint density at radius 3 is 2.00 bits per heavy atom. The number of anilines is 1. The van der Waals surface area contributed by atoms with E-state index in [1.807, 2.05) is 46.8 Å². The minimum Gasteiger partial charge on any atom is -0.350 e. The smallest absolute Gasteiger partial charge is 0.264 e. The molecule has 1 N–H and O–H groups in total. The zero-order valence-corrected chi connectivity index (χ0v) is 25.5. The molecule has 0 heterocycles. The summed E-state index contributed by atoms with van der Waals surface area (Å²) < 4.78 is 28.8. The number of carbonyl (C=O) groups is 2. The van der Waals surface area contributed by atoms with Crippen molar-refractivity contribution in [3.63, 3.8) is 0 Å². The lowest BCUT2D eigenvalue weighted by molar-refractivity contribution is -0.140. The van der Waals surface area contributed by atoms with Gasteiger partial charge in [0.2, 0.25) is 11.8 Å². The van der Waals surface area contributed by atoms with E-state index in [1.54, 1.807) is 61.5 Å². The van der Waals surface area contributed by atoms with Crippen LogP contribution in [0.15, 0.2) is 83.8 Å². The van der Waals surface area contributed by atoms with Gasteiger partial charge in [0.05, 0.1) is 10.6 Å².